The molecule has 16 heavy (non-hydrogen) atoms. The van der Waals surface area contributed by atoms with Gasteiger partial charge in [0.2, 0.25) is 0 Å². The van der Waals surface area contributed by atoms with Crippen LogP contribution in [-0.2, 0) is 9.47 Å². The third-order valence-corrected chi connectivity index (χ3v) is 3.49. The van der Waals surface area contributed by atoms with Gasteiger partial charge in [0, 0.05) is 19.6 Å². The van der Waals surface area contributed by atoms with Gasteiger partial charge in [0.25, 0.3) is 0 Å². The number of hydrogen-bond acceptors (Lipinski definition) is 3. The third-order valence-electron chi connectivity index (χ3n) is 3.49. The molecule has 1 heterocycles. The van der Waals surface area contributed by atoms with Crippen LogP contribution in [0.1, 0.15) is 40.0 Å². The van der Waals surface area contributed by atoms with Crippen molar-refractivity contribution in [1.82, 2.24) is 4.90 Å². The van der Waals surface area contributed by atoms with Crippen LogP contribution in [0.15, 0.2) is 0 Å². The molecule has 1 atom stereocenters. The summed E-state index contributed by atoms with van der Waals surface area (Å²) in [5, 5.41) is 0. The molecule has 1 saturated heterocycles. The first-order valence-corrected chi connectivity index (χ1v) is 6.64. The van der Waals surface area contributed by atoms with Crippen LogP contribution in [0, 0.1) is 0 Å². The molecular formula is C13H27NO2. The van der Waals surface area contributed by atoms with E-state index in [0.717, 1.165) is 52.3 Å². The van der Waals surface area contributed by atoms with Crippen molar-refractivity contribution in [1.29, 1.82) is 0 Å². The third kappa shape index (κ3) is 4.81. The molecule has 0 aromatic rings. The Morgan fingerprint density at radius 2 is 1.94 bits per heavy atom. The first kappa shape index (κ1) is 13.9. The van der Waals surface area contributed by atoms with Crippen LogP contribution >= 0.6 is 0 Å². The van der Waals surface area contributed by atoms with Crippen molar-refractivity contribution >= 4 is 0 Å². The minimum Gasteiger partial charge on any atom is -0.379 e. The van der Waals surface area contributed by atoms with E-state index in [0.29, 0.717) is 0 Å². The molecule has 3 heteroatoms. The van der Waals surface area contributed by atoms with Gasteiger partial charge in [-0.15, -0.1) is 0 Å². The number of hydrogen-bond donors (Lipinski definition) is 0. The Kier molecular flexibility index (Phi) is 6.32. The number of nitrogens with zero attached hydrogens (tertiary/aromatic N) is 1. The molecule has 0 bridgehead atoms. The second kappa shape index (κ2) is 7.25. The predicted molar refractivity (Wildman–Crippen MR) is 66.8 cm³/mol. The van der Waals surface area contributed by atoms with Crippen LogP contribution in [0.4, 0.5) is 0 Å². The minimum atomic E-state index is 0.0844. The normalized spacial score (nSPS) is 21.9. The van der Waals surface area contributed by atoms with Crippen molar-refractivity contribution in [3.05, 3.63) is 0 Å². The van der Waals surface area contributed by atoms with Crippen LogP contribution < -0.4 is 0 Å². The van der Waals surface area contributed by atoms with E-state index in [1.807, 2.05) is 0 Å². The Morgan fingerprint density at radius 1 is 1.25 bits per heavy atom. The molecule has 0 amide bonds. The summed E-state index contributed by atoms with van der Waals surface area (Å²) < 4.78 is 11.4. The van der Waals surface area contributed by atoms with Crippen LogP contribution in [0.3, 0.4) is 0 Å². The standard InChI is InChI=1S/C13H27NO2/c1-4-6-13(3,5-2)16-12-9-14-7-10-15-11-8-14/h4-12H2,1-3H3. The lowest BCUT2D eigenvalue weighted by Gasteiger charge is -2.31. The molecular weight excluding hydrogens is 202 g/mol. The van der Waals surface area contributed by atoms with Gasteiger partial charge in [-0.3, -0.25) is 4.90 Å². The molecule has 1 unspecified atom stereocenters. The summed E-state index contributed by atoms with van der Waals surface area (Å²) in [7, 11) is 0. The molecule has 3 nitrogen and oxygen atoms in total. The van der Waals surface area contributed by atoms with Crippen LogP contribution in [0.25, 0.3) is 0 Å². The molecule has 1 fully saturated rings. The van der Waals surface area contributed by atoms with Gasteiger partial charge in [0.05, 0.1) is 25.4 Å². The number of morpholine rings is 1. The maximum absolute atomic E-state index is 6.04. The number of ether oxygens (including phenoxy) is 2. The van der Waals surface area contributed by atoms with E-state index in [9.17, 15) is 0 Å². The lowest BCUT2D eigenvalue weighted by molar-refractivity contribution is -0.0561. The maximum Gasteiger partial charge on any atom is 0.0652 e. The van der Waals surface area contributed by atoms with Crippen molar-refractivity contribution in [3.8, 4) is 0 Å². The Morgan fingerprint density at radius 3 is 2.50 bits per heavy atom. The van der Waals surface area contributed by atoms with E-state index < -0.39 is 0 Å². The zero-order valence-corrected chi connectivity index (χ0v) is 11.1. The van der Waals surface area contributed by atoms with E-state index in [1.165, 1.54) is 6.42 Å². The van der Waals surface area contributed by atoms with E-state index >= 15 is 0 Å². The molecule has 1 aliphatic heterocycles. The smallest absolute Gasteiger partial charge is 0.0652 e. The summed E-state index contributed by atoms with van der Waals surface area (Å²) in [6, 6.07) is 0. The van der Waals surface area contributed by atoms with Crippen LogP contribution in [-0.4, -0.2) is 50.0 Å². The molecule has 1 aliphatic rings. The Balaban J connectivity index is 2.16. The molecule has 0 radical (unpaired) electrons. The summed E-state index contributed by atoms with van der Waals surface area (Å²) in [6.07, 6.45) is 3.46. The fourth-order valence-electron chi connectivity index (χ4n) is 2.13. The van der Waals surface area contributed by atoms with Crippen molar-refractivity contribution in [2.45, 2.75) is 45.6 Å². The average molecular weight is 229 g/mol. The SMILES string of the molecule is CCCC(C)(CC)OCCN1CCOCC1. The van der Waals surface area contributed by atoms with E-state index in [4.69, 9.17) is 9.47 Å². The molecule has 0 saturated carbocycles. The average Bonchev–Trinajstić information content (AvgIpc) is 2.31. The Hall–Kier alpha value is -0.120. The summed E-state index contributed by atoms with van der Waals surface area (Å²) in [4.78, 5) is 2.42. The maximum atomic E-state index is 6.04. The highest BCUT2D eigenvalue weighted by molar-refractivity contribution is 4.73. The zero-order chi connectivity index (χ0) is 11.9. The molecule has 0 aromatic heterocycles. The van der Waals surface area contributed by atoms with Gasteiger partial charge >= 0.3 is 0 Å². The quantitative estimate of drug-likeness (QED) is 0.668. The van der Waals surface area contributed by atoms with Crippen LogP contribution in [0.2, 0.25) is 0 Å². The van der Waals surface area contributed by atoms with Crippen molar-refractivity contribution in [2.75, 3.05) is 39.5 Å². The van der Waals surface area contributed by atoms with Crippen molar-refractivity contribution in [3.63, 3.8) is 0 Å². The largest absolute Gasteiger partial charge is 0.379 e. The highest BCUT2D eigenvalue weighted by atomic mass is 16.5. The predicted octanol–water partition coefficient (Wildman–Crippen LogP) is 2.30. The first-order valence-electron chi connectivity index (χ1n) is 6.64. The van der Waals surface area contributed by atoms with Gasteiger partial charge in [-0.1, -0.05) is 20.3 Å². The summed E-state index contributed by atoms with van der Waals surface area (Å²) in [5.41, 5.74) is 0.0844. The summed E-state index contributed by atoms with van der Waals surface area (Å²) in [6.45, 7) is 12.4. The summed E-state index contributed by atoms with van der Waals surface area (Å²) in [5.74, 6) is 0. The zero-order valence-electron chi connectivity index (χ0n) is 11.1. The molecule has 0 aromatic carbocycles. The monoisotopic (exact) mass is 229 g/mol. The fourth-order valence-corrected chi connectivity index (χ4v) is 2.13. The molecule has 0 spiro atoms. The van der Waals surface area contributed by atoms with E-state index in [2.05, 4.69) is 25.7 Å². The second-order valence-electron chi connectivity index (χ2n) is 4.86. The van der Waals surface area contributed by atoms with Crippen molar-refractivity contribution < 1.29 is 9.47 Å². The van der Waals surface area contributed by atoms with Crippen molar-refractivity contribution in [2.24, 2.45) is 0 Å². The topological polar surface area (TPSA) is 21.7 Å². The lowest BCUT2D eigenvalue weighted by atomic mass is 9.97. The molecule has 1 rings (SSSR count). The molecule has 0 aliphatic carbocycles. The van der Waals surface area contributed by atoms with Gasteiger partial charge < -0.3 is 9.47 Å². The second-order valence-corrected chi connectivity index (χ2v) is 4.86. The fraction of sp³-hybridized carbons (Fsp3) is 1.00. The van der Waals surface area contributed by atoms with Crippen LogP contribution in [0.5, 0.6) is 0 Å². The highest BCUT2D eigenvalue weighted by Gasteiger charge is 2.21. The lowest BCUT2D eigenvalue weighted by Crippen LogP contribution is -2.40. The number of rotatable bonds is 7. The molecule has 0 N–H and O–H groups in total. The Bertz CT molecular complexity index is 181. The Labute approximate surface area is 100 Å². The summed E-state index contributed by atoms with van der Waals surface area (Å²) >= 11 is 0. The van der Waals surface area contributed by atoms with Gasteiger partial charge in [0.15, 0.2) is 0 Å². The highest BCUT2D eigenvalue weighted by Crippen LogP contribution is 2.21. The van der Waals surface area contributed by atoms with Gasteiger partial charge in [-0.05, 0) is 19.8 Å². The first-order chi connectivity index (χ1) is 7.70. The van der Waals surface area contributed by atoms with E-state index in [-0.39, 0.29) is 5.60 Å². The minimum absolute atomic E-state index is 0.0844. The van der Waals surface area contributed by atoms with Gasteiger partial charge in [0.1, 0.15) is 0 Å². The van der Waals surface area contributed by atoms with E-state index in [1.54, 1.807) is 0 Å². The van der Waals surface area contributed by atoms with Gasteiger partial charge in [-0.25, -0.2) is 0 Å². The van der Waals surface area contributed by atoms with Gasteiger partial charge in [-0.2, -0.15) is 0 Å². The molecule has 96 valence electrons.